The van der Waals surface area contributed by atoms with Gasteiger partial charge in [-0.05, 0) is 28.1 Å². The first-order valence-corrected chi connectivity index (χ1v) is 5.42. The fourth-order valence-corrected chi connectivity index (χ4v) is 2.40. The second-order valence-corrected chi connectivity index (χ2v) is 4.34. The molecule has 0 fully saturated rings. The first-order chi connectivity index (χ1) is 6.06. The maximum absolute atomic E-state index is 13.2. The van der Waals surface area contributed by atoms with Crippen LogP contribution in [0.5, 0.6) is 0 Å². The highest BCUT2D eigenvalue weighted by Crippen LogP contribution is 2.25. The predicted octanol–water partition coefficient (Wildman–Crippen LogP) is 3.77. The van der Waals surface area contributed by atoms with Crippen LogP contribution in [0.1, 0.15) is 10.4 Å². The van der Waals surface area contributed by atoms with E-state index in [0.717, 1.165) is 0 Å². The molecule has 5 heteroatoms. The molecule has 0 N–H and O–H groups in total. The zero-order valence-corrected chi connectivity index (χ0v) is 10.2. The molecule has 0 spiro atoms. The van der Waals surface area contributed by atoms with Crippen LogP contribution in [0.15, 0.2) is 21.1 Å². The molecule has 0 aliphatic rings. The van der Waals surface area contributed by atoms with Gasteiger partial charge in [-0.1, -0.05) is 15.9 Å². The summed E-state index contributed by atoms with van der Waals surface area (Å²) >= 11 is 11.5. The molecule has 0 atom stereocenters. The molecule has 0 aliphatic carbocycles. The van der Waals surface area contributed by atoms with Gasteiger partial charge in [-0.3, -0.25) is 4.79 Å². The minimum Gasteiger partial charge on any atom is -0.293 e. The highest BCUT2D eigenvalue weighted by molar-refractivity contribution is 9.11. The Bertz CT molecular complexity index is 331. The standard InChI is InChI=1S/C8H4Br2ClFO/c9-4-1-5(10)8(6(12)2-4)7(13)3-11/h1-2H,3H2. The van der Waals surface area contributed by atoms with E-state index in [4.69, 9.17) is 11.6 Å². The van der Waals surface area contributed by atoms with Gasteiger partial charge in [-0.15, -0.1) is 11.6 Å². The van der Waals surface area contributed by atoms with Crippen molar-refractivity contribution in [3.8, 4) is 0 Å². The second kappa shape index (κ2) is 4.53. The second-order valence-electron chi connectivity index (χ2n) is 2.30. The number of carbonyl (C=O) groups excluding carboxylic acids is 1. The SMILES string of the molecule is O=C(CCl)c1c(F)cc(Br)cc1Br. The molecule has 70 valence electrons. The monoisotopic (exact) mass is 328 g/mol. The summed E-state index contributed by atoms with van der Waals surface area (Å²) in [5.41, 5.74) is -0.00167. The van der Waals surface area contributed by atoms with Crippen LogP contribution in [0.4, 0.5) is 4.39 Å². The van der Waals surface area contributed by atoms with Crippen molar-refractivity contribution in [2.45, 2.75) is 0 Å². The number of Topliss-reactive ketones (excluding diaryl/α,β-unsaturated/α-hetero) is 1. The maximum atomic E-state index is 13.2. The molecular weight excluding hydrogens is 326 g/mol. The Kier molecular flexibility index (Phi) is 3.88. The molecule has 0 aliphatic heterocycles. The van der Waals surface area contributed by atoms with Crippen molar-refractivity contribution in [2.75, 3.05) is 5.88 Å². The van der Waals surface area contributed by atoms with Crippen LogP contribution in [-0.2, 0) is 0 Å². The van der Waals surface area contributed by atoms with E-state index in [1.54, 1.807) is 6.07 Å². The maximum Gasteiger partial charge on any atom is 0.181 e. The van der Waals surface area contributed by atoms with Crippen LogP contribution >= 0.6 is 43.5 Å². The number of halogens is 4. The van der Waals surface area contributed by atoms with Gasteiger partial charge in [0.15, 0.2) is 5.78 Å². The largest absolute Gasteiger partial charge is 0.293 e. The van der Waals surface area contributed by atoms with Crippen molar-refractivity contribution >= 4 is 49.2 Å². The van der Waals surface area contributed by atoms with Crippen LogP contribution in [0, 0.1) is 5.82 Å². The van der Waals surface area contributed by atoms with E-state index < -0.39 is 11.6 Å². The number of alkyl halides is 1. The molecule has 13 heavy (non-hydrogen) atoms. The van der Waals surface area contributed by atoms with Gasteiger partial charge in [0.1, 0.15) is 5.82 Å². The van der Waals surface area contributed by atoms with Gasteiger partial charge in [-0.25, -0.2) is 4.39 Å². The van der Waals surface area contributed by atoms with Crippen molar-refractivity contribution in [3.05, 3.63) is 32.5 Å². The van der Waals surface area contributed by atoms with E-state index in [1.165, 1.54) is 6.07 Å². The summed E-state index contributed by atoms with van der Waals surface area (Å²) in [6, 6.07) is 2.83. The fraction of sp³-hybridized carbons (Fsp3) is 0.125. The quantitative estimate of drug-likeness (QED) is 0.596. The Morgan fingerprint density at radius 3 is 2.54 bits per heavy atom. The van der Waals surface area contributed by atoms with E-state index in [9.17, 15) is 9.18 Å². The van der Waals surface area contributed by atoms with Gasteiger partial charge < -0.3 is 0 Å². The molecule has 0 saturated carbocycles. The average Bonchev–Trinajstić information content (AvgIpc) is 2.02. The third kappa shape index (κ3) is 2.51. The van der Waals surface area contributed by atoms with Crippen LogP contribution in [0.2, 0.25) is 0 Å². The number of carbonyl (C=O) groups is 1. The number of ketones is 1. The highest BCUT2D eigenvalue weighted by Gasteiger charge is 2.15. The molecule has 1 aromatic carbocycles. The van der Waals surface area contributed by atoms with E-state index >= 15 is 0 Å². The van der Waals surface area contributed by atoms with E-state index in [1.807, 2.05) is 0 Å². The first-order valence-electron chi connectivity index (χ1n) is 3.30. The summed E-state index contributed by atoms with van der Waals surface area (Å²) < 4.78 is 14.2. The van der Waals surface area contributed by atoms with Crippen molar-refractivity contribution in [2.24, 2.45) is 0 Å². The van der Waals surface area contributed by atoms with Gasteiger partial charge in [0.25, 0.3) is 0 Å². The molecule has 0 unspecified atom stereocenters. The Morgan fingerprint density at radius 1 is 1.46 bits per heavy atom. The molecule has 1 rings (SSSR count). The molecular formula is C8H4Br2ClFO. The van der Waals surface area contributed by atoms with Crippen molar-refractivity contribution in [1.82, 2.24) is 0 Å². The van der Waals surface area contributed by atoms with E-state index in [2.05, 4.69) is 31.9 Å². The van der Waals surface area contributed by atoms with Gasteiger partial charge in [0.2, 0.25) is 0 Å². The van der Waals surface area contributed by atoms with Crippen molar-refractivity contribution in [3.63, 3.8) is 0 Å². The van der Waals surface area contributed by atoms with Gasteiger partial charge >= 0.3 is 0 Å². The molecule has 0 saturated heterocycles. The van der Waals surface area contributed by atoms with Gasteiger partial charge in [0.05, 0.1) is 11.4 Å². The van der Waals surface area contributed by atoms with E-state index in [0.29, 0.717) is 8.95 Å². The number of benzene rings is 1. The Labute approximate surface area is 96.5 Å². The molecule has 0 bridgehead atoms. The normalized spacial score (nSPS) is 10.2. The Balaban J connectivity index is 3.28. The minimum absolute atomic E-state index is 0.00167. The summed E-state index contributed by atoms with van der Waals surface area (Å²) in [4.78, 5) is 11.1. The fourth-order valence-electron chi connectivity index (χ4n) is 0.875. The Hall–Kier alpha value is 0.0700. The van der Waals surface area contributed by atoms with Crippen LogP contribution in [0.3, 0.4) is 0 Å². The predicted molar refractivity (Wildman–Crippen MR) is 56.9 cm³/mol. The van der Waals surface area contributed by atoms with Gasteiger partial charge in [-0.2, -0.15) is 0 Å². The zero-order valence-electron chi connectivity index (χ0n) is 6.28. The Morgan fingerprint density at radius 2 is 2.08 bits per heavy atom. The van der Waals surface area contributed by atoms with Crippen molar-refractivity contribution in [1.29, 1.82) is 0 Å². The lowest BCUT2D eigenvalue weighted by Gasteiger charge is -2.03. The minimum atomic E-state index is -0.577. The molecule has 1 aromatic rings. The zero-order chi connectivity index (χ0) is 10.0. The molecule has 0 amide bonds. The highest BCUT2D eigenvalue weighted by atomic mass is 79.9. The van der Waals surface area contributed by atoms with E-state index in [-0.39, 0.29) is 11.4 Å². The molecule has 0 aromatic heterocycles. The summed E-state index contributed by atoms with van der Waals surface area (Å²) in [6.45, 7) is 0. The summed E-state index contributed by atoms with van der Waals surface area (Å²) in [6.07, 6.45) is 0. The summed E-state index contributed by atoms with van der Waals surface area (Å²) in [7, 11) is 0. The lowest BCUT2D eigenvalue weighted by molar-refractivity contribution is 0.101. The smallest absolute Gasteiger partial charge is 0.181 e. The average molecular weight is 330 g/mol. The van der Waals surface area contributed by atoms with Crippen molar-refractivity contribution < 1.29 is 9.18 Å². The molecule has 1 nitrogen and oxygen atoms in total. The first kappa shape index (κ1) is 11.1. The number of rotatable bonds is 2. The third-order valence-electron chi connectivity index (χ3n) is 1.41. The lowest BCUT2D eigenvalue weighted by atomic mass is 10.1. The van der Waals surface area contributed by atoms with Crippen LogP contribution < -0.4 is 0 Å². The summed E-state index contributed by atoms with van der Waals surface area (Å²) in [5, 5.41) is 0. The lowest BCUT2D eigenvalue weighted by Crippen LogP contribution is -2.04. The number of hydrogen-bond donors (Lipinski definition) is 0. The van der Waals surface area contributed by atoms with Crippen LogP contribution in [-0.4, -0.2) is 11.7 Å². The van der Waals surface area contributed by atoms with Gasteiger partial charge in [0, 0.05) is 8.95 Å². The van der Waals surface area contributed by atoms with Crippen LogP contribution in [0.25, 0.3) is 0 Å². The number of hydrogen-bond acceptors (Lipinski definition) is 1. The third-order valence-corrected chi connectivity index (χ3v) is 2.73. The molecule has 0 heterocycles. The summed E-state index contributed by atoms with van der Waals surface area (Å²) in [5.74, 6) is -1.23. The molecule has 0 radical (unpaired) electrons. The topological polar surface area (TPSA) is 17.1 Å².